The number of rotatable bonds is 6. The number of hydrogen-bond acceptors (Lipinski definition) is 4. The van der Waals surface area contributed by atoms with Crippen LogP contribution >= 0.6 is 23.8 Å². The zero-order valence-electron chi connectivity index (χ0n) is 15.3. The van der Waals surface area contributed by atoms with Gasteiger partial charge in [0.05, 0.1) is 11.3 Å². The second-order valence-corrected chi connectivity index (χ2v) is 7.46. The Hall–Kier alpha value is -2.35. The zero-order chi connectivity index (χ0) is 20.3. The van der Waals surface area contributed by atoms with Crippen molar-refractivity contribution in [2.45, 2.75) is 18.9 Å². The zero-order valence-corrected chi connectivity index (χ0v) is 16.9. The third-order valence-corrected chi connectivity index (χ3v) is 5.26. The largest absolute Gasteiger partial charge is 0.348 e. The molecular formula is C20H20ClFN4OS. The Balaban J connectivity index is 1.76. The molecule has 5 nitrogen and oxygen atoms in total. The minimum Gasteiger partial charge on any atom is -0.348 e. The molecule has 3 N–H and O–H groups in total. The SMILES string of the molecule is Cn1nccc1C1=C(Cl)C=C(C(=O)N[C@H](CN)Cc2cccc(F)c2)C(=S)C1. The normalized spacial score (nSPS) is 15.4. The highest BCUT2D eigenvalue weighted by Crippen LogP contribution is 2.32. The lowest BCUT2D eigenvalue weighted by Gasteiger charge is -2.21. The van der Waals surface area contributed by atoms with Crippen molar-refractivity contribution < 1.29 is 9.18 Å². The average molecular weight is 419 g/mol. The number of aryl methyl sites for hydroxylation is 1. The van der Waals surface area contributed by atoms with Crippen molar-refractivity contribution in [3.8, 4) is 0 Å². The number of aromatic nitrogens is 2. The van der Waals surface area contributed by atoms with Crippen LogP contribution in [0.3, 0.4) is 0 Å². The Bertz CT molecular complexity index is 982. The van der Waals surface area contributed by atoms with E-state index in [1.54, 1.807) is 29.1 Å². The summed E-state index contributed by atoms with van der Waals surface area (Å²) in [4.78, 5) is 13.2. The first-order valence-corrected chi connectivity index (χ1v) is 9.55. The van der Waals surface area contributed by atoms with Gasteiger partial charge >= 0.3 is 0 Å². The molecule has 146 valence electrons. The Kier molecular flexibility index (Phi) is 6.39. The minimum absolute atomic E-state index is 0.214. The van der Waals surface area contributed by atoms with Gasteiger partial charge in [0.2, 0.25) is 0 Å². The summed E-state index contributed by atoms with van der Waals surface area (Å²) in [5, 5.41) is 7.47. The predicted octanol–water partition coefficient (Wildman–Crippen LogP) is 2.90. The topological polar surface area (TPSA) is 72.9 Å². The van der Waals surface area contributed by atoms with E-state index in [0.717, 1.165) is 16.8 Å². The molecule has 1 aromatic heterocycles. The van der Waals surface area contributed by atoms with E-state index in [2.05, 4.69) is 10.4 Å². The van der Waals surface area contributed by atoms with E-state index in [-0.39, 0.29) is 24.3 Å². The molecule has 2 aromatic rings. The van der Waals surface area contributed by atoms with Gasteiger partial charge in [0.1, 0.15) is 5.82 Å². The first kappa shape index (κ1) is 20.4. The summed E-state index contributed by atoms with van der Waals surface area (Å²) < 4.78 is 15.1. The monoisotopic (exact) mass is 418 g/mol. The molecule has 1 heterocycles. The second kappa shape index (κ2) is 8.77. The number of nitrogens with zero attached hydrogens (tertiary/aromatic N) is 2. The van der Waals surface area contributed by atoms with Gasteiger partial charge in [-0.3, -0.25) is 9.48 Å². The van der Waals surface area contributed by atoms with Crippen LogP contribution in [0.1, 0.15) is 17.7 Å². The maximum absolute atomic E-state index is 13.4. The predicted molar refractivity (Wildman–Crippen MR) is 112 cm³/mol. The number of amides is 1. The number of nitrogens with two attached hydrogens (primary N) is 1. The molecule has 1 aliphatic carbocycles. The van der Waals surface area contributed by atoms with E-state index in [9.17, 15) is 9.18 Å². The lowest BCUT2D eigenvalue weighted by molar-refractivity contribution is -0.117. The third kappa shape index (κ3) is 4.55. The first-order valence-electron chi connectivity index (χ1n) is 8.76. The Morgan fingerprint density at radius 3 is 2.89 bits per heavy atom. The highest BCUT2D eigenvalue weighted by molar-refractivity contribution is 7.81. The van der Waals surface area contributed by atoms with Crippen LogP contribution in [0.15, 0.2) is 53.2 Å². The van der Waals surface area contributed by atoms with Crippen LogP contribution in [0.2, 0.25) is 0 Å². The number of nitrogens with one attached hydrogen (secondary N) is 1. The molecule has 8 heteroatoms. The highest BCUT2D eigenvalue weighted by Gasteiger charge is 2.25. The molecule has 0 unspecified atom stereocenters. The van der Waals surface area contributed by atoms with E-state index in [0.29, 0.717) is 28.3 Å². The van der Waals surface area contributed by atoms with Crippen LogP contribution in [-0.2, 0) is 18.3 Å². The minimum atomic E-state index is -0.348. The van der Waals surface area contributed by atoms with Crippen molar-refractivity contribution in [1.29, 1.82) is 0 Å². The van der Waals surface area contributed by atoms with Gasteiger partial charge in [0.25, 0.3) is 5.91 Å². The molecule has 0 saturated heterocycles. The Morgan fingerprint density at radius 2 is 2.25 bits per heavy atom. The molecule has 1 atom stereocenters. The van der Waals surface area contributed by atoms with Crippen molar-refractivity contribution >= 4 is 40.2 Å². The molecule has 0 radical (unpaired) electrons. The molecule has 0 spiro atoms. The van der Waals surface area contributed by atoms with E-state index >= 15 is 0 Å². The molecule has 0 bridgehead atoms. The summed E-state index contributed by atoms with van der Waals surface area (Å²) >= 11 is 11.9. The van der Waals surface area contributed by atoms with Crippen LogP contribution in [0.25, 0.3) is 5.57 Å². The fourth-order valence-corrected chi connectivity index (χ4v) is 3.68. The van der Waals surface area contributed by atoms with Crippen molar-refractivity contribution in [2.24, 2.45) is 12.8 Å². The Morgan fingerprint density at radius 1 is 1.46 bits per heavy atom. The van der Waals surface area contributed by atoms with Crippen LogP contribution in [0, 0.1) is 5.82 Å². The van der Waals surface area contributed by atoms with Gasteiger partial charge in [0.15, 0.2) is 0 Å². The number of thiocarbonyl (C=S) groups is 1. The van der Waals surface area contributed by atoms with Gasteiger partial charge in [-0.15, -0.1) is 0 Å². The number of halogens is 2. The molecular weight excluding hydrogens is 399 g/mol. The Labute approximate surface area is 173 Å². The van der Waals surface area contributed by atoms with Crippen LogP contribution in [0.4, 0.5) is 4.39 Å². The van der Waals surface area contributed by atoms with Crippen molar-refractivity contribution in [1.82, 2.24) is 15.1 Å². The molecule has 3 rings (SSSR count). The lowest BCUT2D eigenvalue weighted by Crippen LogP contribution is -2.43. The van der Waals surface area contributed by atoms with Gasteiger partial charge in [-0.2, -0.15) is 5.10 Å². The number of carbonyl (C=O) groups is 1. The molecule has 1 amide bonds. The maximum atomic E-state index is 13.4. The van der Waals surface area contributed by atoms with Crippen LogP contribution < -0.4 is 11.1 Å². The van der Waals surface area contributed by atoms with Gasteiger partial charge in [0, 0.05) is 47.7 Å². The van der Waals surface area contributed by atoms with E-state index in [4.69, 9.17) is 29.6 Å². The molecule has 0 fully saturated rings. The summed E-state index contributed by atoms with van der Waals surface area (Å²) in [6.07, 6.45) is 4.06. The molecule has 0 aliphatic heterocycles. The third-order valence-electron chi connectivity index (χ3n) is 4.56. The van der Waals surface area contributed by atoms with Gasteiger partial charge in [-0.05, 0) is 36.3 Å². The summed E-state index contributed by atoms with van der Waals surface area (Å²) in [6, 6.07) is 7.73. The summed E-state index contributed by atoms with van der Waals surface area (Å²) in [6.45, 7) is 0.214. The number of allylic oxidation sites excluding steroid dienone is 3. The number of hydrogen-bond donors (Lipinski definition) is 2. The fraction of sp³-hybridized carbons (Fsp3) is 0.250. The van der Waals surface area contributed by atoms with Crippen molar-refractivity contribution in [3.05, 3.63) is 70.3 Å². The number of benzene rings is 1. The quantitative estimate of drug-likeness (QED) is 0.707. The molecule has 28 heavy (non-hydrogen) atoms. The van der Waals surface area contributed by atoms with E-state index in [1.165, 1.54) is 12.1 Å². The first-order chi connectivity index (χ1) is 13.4. The molecule has 1 aliphatic rings. The highest BCUT2D eigenvalue weighted by atomic mass is 35.5. The number of carbonyl (C=O) groups excluding carboxylic acids is 1. The maximum Gasteiger partial charge on any atom is 0.252 e. The fourth-order valence-electron chi connectivity index (χ4n) is 3.11. The van der Waals surface area contributed by atoms with E-state index < -0.39 is 0 Å². The summed E-state index contributed by atoms with van der Waals surface area (Å²) in [7, 11) is 1.82. The van der Waals surface area contributed by atoms with Gasteiger partial charge in [-0.1, -0.05) is 36.0 Å². The molecule has 0 saturated carbocycles. The van der Waals surface area contributed by atoms with Gasteiger partial charge < -0.3 is 11.1 Å². The molecule has 1 aromatic carbocycles. The van der Waals surface area contributed by atoms with Crippen molar-refractivity contribution in [3.63, 3.8) is 0 Å². The lowest BCUT2D eigenvalue weighted by atomic mass is 9.94. The standard InChI is InChI=1S/C20H20ClFN4OS/c1-26-18(5-6-24-26)15-10-19(28)16(9-17(15)21)20(27)25-14(11-23)8-12-3-2-4-13(22)7-12/h2-7,9,14H,8,10-11,23H2,1H3,(H,25,27)/t14-/m0/s1. The van der Waals surface area contributed by atoms with E-state index in [1.807, 2.05) is 13.1 Å². The summed E-state index contributed by atoms with van der Waals surface area (Å²) in [5.74, 6) is -0.658. The van der Waals surface area contributed by atoms with Gasteiger partial charge in [-0.25, -0.2) is 4.39 Å². The smallest absolute Gasteiger partial charge is 0.252 e. The van der Waals surface area contributed by atoms with Crippen LogP contribution in [0.5, 0.6) is 0 Å². The second-order valence-electron chi connectivity index (χ2n) is 6.56. The average Bonchev–Trinajstić information content (AvgIpc) is 3.08. The van der Waals surface area contributed by atoms with Crippen LogP contribution in [-0.4, -0.2) is 33.1 Å². The van der Waals surface area contributed by atoms with Crippen molar-refractivity contribution in [2.75, 3.05) is 6.54 Å². The summed E-state index contributed by atoms with van der Waals surface area (Å²) in [5.41, 5.74) is 8.59.